The van der Waals surface area contributed by atoms with Crippen LogP contribution in [0.4, 0.5) is 0 Å². The van der Waals surface area contributed by atoms with Gasteiger partial charge in [0.25, 0.3) is 0 Å². The number of rotatable bonds is 4. The summed E-state index contributed by atoms with van der Waals surface area (Å²) < 4.78 is 11.9. The lowest BCUT2D eigenvalue weighted by molar-refractivity contribution is -0.118. The van der Waals surface area contributed by atoms with E-state index < -0.39 is 22.7 Å². The molecular weight excluding hydrogens is 224 g/mol. The molecule has 0 heterocycles. The standard InChI is InChI=1S/C11H16N2O2S/c1-7-3-4-10(8(2)5-7)16(15)6-9(12)11(13)14/h3-5,9H,6,12H2,1-2H3,(H2,13,14). The molecule has 1 aromatic rings. The second-order valence-corrected chi connectivity index (χ2v) is 5.25. The van der Waals surface area contributed by atoms with Gasteiger partial charge in [-0.05, 0) is 25.5 Å². The maximum atomic E-state index is 11.9. The number of carbonyl (C=O) groups excluding carboxylic acids is 1. The number of benzene rings is 1. The Hall–Kier alpha value is -1.20. The van der Waals surface area contributed by atoms with E-state index in [1.165, 1.54) is 0 Å². The van der Waals surface area contributed by atoms with Gasteiger partial charge in [-0.15, -0.1) is 0 Å². The number of hydrogen-bond acceptors (Lipinski definition) is 3. The molecule has 0 spiro atoms. The zero-order valence-electron chi connectivity index (χ0n) is 9.40. The second-order valence-electron chi connectivity index (χ2n) is 3.79. The SMILES string of the molecule is Cc1ccc(S(=O)CC(N)C(N)=O)c(C)c1. The summed E-state index contributed by atoms with van der Waals surface area (Å²) in [6.45, 7) is 3.85. The van der Waals surface area contributed by atoms with E-state index in [-0.39, 0.29) is 5.75 Å². The van der Waals surface area contributed by atoms with Gasteiger partial charge in [-0.2, -0.15) is 0 Å². The Kier molecular flexibility index (Phi) is 4.20. The van der Waals surface area contributed by atoms with E-state index in [4.69, 9.17) is 11.5 Å². The third-order valence-corrected chi connectivity index (χ3v) is 3.88. The molecule has 4 nitrogen and oxygen atoms in total. The molecule has 0 aliphatic carbocycles. The van der Waals surface area contributed by atoms with Crippen LogP contribution in [0.3, 0.4) is 0 Å². The Balaban J connectivity index is 2.85. The number of primary amides is 1. The van der Waals surface area contributed by atoms with Crippen molar-refractivity contribution in [3.8, 4) is 0 Å². The van der Waals surface area contributed by atoms with E-state index in [2.05, 4.69) is 0 Å². The molecule has 0 aliphatic heterocycles. The molecule has 0 bridgehead atoms. The molecule has 5 heteroatoms. The zero-order valence-corrected chi connectivity index (χ0v) is 10.2. The Morgan fingerprint density at radius 3 is 2.56 bits per heavy atom. The minimum absolute atomic E-state index is 0.0687. The Morgan fingerprint density at radius 2 is 2.06 bits per heavy atom. The van der Waals surface area contributed by atoms with Crippen LogP contribution in [-0.2, 0) is 15.6 Å². The van der Waals surface area contributed by atoms with Crippen molar-refractivity contribution >= 4 is 16.7 Å². The third kappa shape index (κ3) is 3.15. The van der Waals surface area contributed by atoms with Crippen molar-refractivity contribution in [3.05, 3.63) is 29.3 Å². The van der Waals surface area contributed by atoms with Crippen molar-refractivity contribution in [2.75, 3.05) is 5.75 Å². The monoisotopic (exact) mass is 240 g/mol. The molecule has 2 atom stereocenters. The van der Waals surface area contributed by atoms with Crippen molar-refractivity contribution in [1.82, 2.24) is 0 Å². The predicted octanol–water partition coefficient (Wildman–Crippen LogP) is 0.224. The van der Waals surface area contributed by atoms with Gasteiger partial charge >= 0.3 is 0 Å². The quantitative estimate of drug-likeness (QED) is 0.789. The summed E-state index contributed by atoms with van der Waals surface area (Å²) in [5.41, 5.74) is 12.5. The highest BCUT2D eigenvalue weighted by molar-refractivity contribution is 7.85. The van der Waals surface area contributed by atoms with Gasteiger partial charge in [0.2, 0.25) is 5.91 Å². The smallest absolute Gasteiger partial charge is 0.235 e. The van der Waals surface area contributed by atoms with Crippen LogP contribution in [0, 0.1) is 13.8 Å². The van der Waals surface area contributed by atoms with Crippen LogP contribution in [0.5, 0.6) is 0 Å². The Labute approximate surface area is 97.5 Å². The van der Waals surface area contributed by atoms with Crippen LogP contribution < -0.4 is 11.5 Å². The zero-order chi connectivity index (χ0) is 12.3. The first-order valence-electron chi connectivity index (χ1n) is 4.92. The molecule has 16 heavy (non-hydrogen) atoms. The van der Waals surface area contributed by atoms with Gasteiger partial charge in [-0.25, -0.2) is 0 Å². The molecule has 2 unspecified atom stereocenters. The topological polar surface area (TPSA) is 86.2 Å². The van der Waals surface area contributed by atoms with Crippen LogP contribution >= 0.6 is 0 Å². The van der Waals surface area contributed by atoms with Crippen LogP contribution in [0.25, 0.3) is 0 Å². The highest BCUT2D eigenvalue weighted by Gasteiger charge is 2.15. The first-order chi connectivity index (χ1) is 7.41. The van der Waals surface area contributed by atoms with Crippen molar-refractivity contribution in [1.29, 1.82) is 0 Å². The highest BCUT2D eigenvalue weighted by atomic mass is 32.2. The van der Waals surface area contributed by atoms with Gasteiger partial charge in [-0.1, -0.05) is 17.7 Å². The normalized spacial score (nSPS) is 14.4. The van der Waals surface area contributed by atoms with E-state index in [1.54, 1.807) is 6.07 Å². The second kappa shape index (κ2) is 5.23. The van der Waals surface area contributed by atoms with Crippen LogP contribution in [0.15, 0.2) is 23.1 Å². The van der Waals surface area contributed by atoms with Crippen LogP contribution in [0.2, 0.25) is 0 Å². The molecule has 0 aliphatic rings. The average molecular weight is 240 g/mol. The van der Waals surface area contributed by atoms with E-state index in [9.17, 15) is 9.00 Å². The molecule has 1 amide bonds. The fourth-order valence-corrected chi connectivity index (χ4v) is 2.70. The van der Waals surface area contributed by atoms with Gasteiger partial charge in [0.1, 0.15) is 0 Å². The van der Waals surface area contributed by atoms with Crippen LogP contribution in [0.1, 0.15) is 11.1 Å². The number of nitrogens with two attached hydrogens (primary N) is 2. The van der Waals surface area contributed by atoms with E-state index in [0.717, 1.165) is 11.1 Å². The van der Waals surface area contributed by atoms with Crippen LogP contribution in [-0.4, -0.2) is 21.9 Å². The first kappa shape index (κ1) is 12.9. The summed E-state index contributed by atoms with van der Waals surface area (Å²) in [6.07, 6.45) is 0. The molecule has 0 saturated heterocycles. The van der Waals surface area contributed by atoms with Crippen molar-refractivity contribution in [2.24, 2.45) is 11.5 Å². The molecule has 4 N–H and O–H groups in total. The van der Waals surface area contributed by atoms with E-state index >= 15 is 0 Å². The lowest BCUT2D eigenvalue weighted by Gasteiger charge is -2.09. The lowest BCUT2D eigenvalue weighted by atomic mass is 10.2. The van der Waals surface area contributed by atoms with Gasteiger partial charge < -0.3 is 11.5 Å². The molecule has 88 valence electrons. The Morgan fingerprint density at radius 1 is 1.44 bits per heavy atom. The number of amides is 1. The maximum absolute atomic E-state index is 11.9. The minimum Gasteiger partial charge on any atom is -0.368 e. The fourth-order valence-electron chi connectivity index (χ4n) is 1.39. The molecule has 0 radical (unpaired) electrons. The summed E-state index contributed by atoms with van der Waals surface area (Å²) in [5, 5.41) is 0. The summed E-state index contributed by atoms with van der Waals surface area (Å²) in [5.74, 6) is -0.558. The Bertz CT molecular complexity index is 432. The largest absolute Gasteiger partial charge is 0.368 e. The number of hydrogen-bond donors (Lipinski definition) is 2. The molecular formula is C11H16N2O2S. The fraction of sp³-hybridized carbons (Fsp3) is 0.364. The maximum Gasteiger partial charge on any atom is 0.235 e. The van der Waals surface area contributed by atoms with Gasteiger partial charge in [0.15, 0.2) is 0 Å². The average Bonchev–Trinajstić information content (AvgIpc) is 2.16. The minimum atomic E-state index is -1.28. The lowest BCUT2D eigenvalue weighted by Crippen LogP contribution is -2.40. The summed E-state index contributed by atoms with van der Waals surface area (Å²) in [4.78, 5) is 11.5. The molecule has 0 fully saturated rings. The molecule has 1 aromatic carbocycles. The highest BCUT2D eigenvalue weighted by Crippen LogP contribution is 2.15. The van der Waals surface area contributed by atoms with Crippen molar-refractivity contribution in [3.63, 3.8) is 0 Å². The molecule has 0 aromatic heterocycles. The first-order valence-corrected chi connectivity index (χ1v) is 6.24. The molecule has 1 rings (SSSR count). The summed E-state index contributed by atoms with van der Waals surface area (Å²) in [7, 11) is -1.28. The predicted molar refractivity (Wildman–Crippen MR) is 64.4 cm³/mol. The van der Waals surface area contributed by atoms with Crippen molar-refractivity contribution in [2.45, 2.75) is 24.8 Å². The summed E-state index contributed by atoms with van der Waals surface area (Å²) >= 11 is 0. The van der Waals surface area contributed by atoms with Gasteiger partial charge in [0, 0.05) is 4.90 Å². The van der Waals surface area contributed by atoms with Gasteiger partial charge in [-0.3, -0.25) is 9.00 Å². The van der Waals surface area contributed by atoms with Gasteiger partial charge in [0.05, 0.1) is 22.6 Å². The number of carbonyl (C=O) groups is 1. The van der Waals surface area contributed by atoms with E-state index in [1.807, 2.05) is 26.0 Å². The van der Waals surface area contributed by atoms with E-state index in [0.29, 0.717) is 4.90 Å². The third-order valence-electron chi connectivity index (χ3n) is 2.27. The number of aryl methyl sites for hydroxylation is 2. The van der Waals surface area contributed by atoms with Crippen molar-refractivity contribution < 1.29 is 9.00 Å². The summed E-state index contributed by atoms with van der Waals surface area (Å²) in [6, 6.07) is 4.77. The molecule has 0 saturated carbocycles.